The van der Waals surface area contributed by atoms with Gasteiger partial charge in [0.1, 0.15) is 12.8 Å². The third-order valence-electron chi connectivity index (χ3n) is 6.34. The molecule has 1 aliphatic heterocycles. The normalized spacial score (nSPS) is 12.5. The lowest BCUT2D eigenvalue weighted by Crippen LogP contribution is -2.16. The Hall–Kier alpha value is -3.59. The van der Waals surface area contributed by atoms with E-state index in [1.54, 1.807) is 7.11 Å². The Balaban J connectivity index is 1.53. The molecule has 1 heterocycles. The van der Waals surface area contributed by atoms with Gasteiger partial charge in [0.15, 0.2) is 0 Å². The van der Waals surface area contributed by atoms with Gasteiger partial charge in [-0.1, -0.05) is 18.2 Å². The lowest BCUT2D eigenvalue weighted by molar-refractivity contribution is -0.399. The maximum atomic E-state index is 5.30. The third-order valence-corrected chi connectivity index (χ3v) is 6.34. The van der Waals surface area contributed by atoms with Crippen molar-refractivity contribution in [3.8, 4) is 5.75 Å². The first kappa shape index (κ1) is 19.4. The van der Waals surface area contributed by atoms with Crippen molar-refractivity contribution in [2.45, 2.75) is 13.8 Å². The molecule has 1 aliphatic rings. The van der Waals surface area contributed by atoms with Gasteiger partial charge in [-0.05, 0) is 79.4 Å². The largest absolute Gasteiger partial charge is 0.497 e. The first-order chi connectivity index (χ1) is 15.1. The number of ether oxygens (including phenoxy) is 1. The van der Waals surface area contributed by atoms with Gasteiger partial charge in [0.05, 0.1) is 18.1 Å². The van der Waals surface area contributed by atoms with Crippen LogP contribution < -0.4 is 9.64 Å². The van der Waals surface area contributed by atoms with E-state index in [4.69, 9.17) is 4.74 Å². The molecule has 0 unspecified atom stereocenters. The van der Waals surface area contributed by atoms with Crippen LogP contribution in [0.3, 0.4) is 0 Å². The van der Waals surface area contributed by atoms with Crippen LogP contribution in [0.1, 0.15) is 23.6 Å². The first-order valence-corrected chi connectivity index (χ1v) is 10.8. The van der Waals surface area contributed by atoms with Crippen LogP contribution in [0.4, 0.5) is 17.1 Å². The summed E-state index contributed by atoms with van der Waals surface area (Å²) in [6.45, 7) is 5.26. The van der Waals surface area contributed by atoms with Gasteiger partial charge in [0.2, 0.25) is 11.4 Å². The van der Waals surface area contributed by atoms with E-state index in [9.17, 15) is 0 Å². The Kier molecular flexibility index (Phi) is 4.74. The molecule has 0 bridgehead atoms. The van der Waals surface area contributed by atoms with Crippen molar-refractivity contribution in [1.82, 2.24) is 0 Å². The van der Waals surface area contributed by atoms with E-state index in [1.165, 1.54) is 44.5 Å². The minimum Gasteiger partial charge on any atom is -0.497 e. The van der Waals surface area contributed by atoms with Gasteiger partial charge >= 0.3 is 0 Å². The second-order valence-electron chi connectivity index (χ2n) is 8.03. The number of anilines is 2. The molecule has 0 N–H and O–H groups in total. The number of hydrogen-bond donors (Lipinski definition) is 0. The van der Waals surface area contributed by atoms with Gasteiger partial charge in [-0.15, -0.1) is 0 Å². The van der Waals surface area contributed by atoms with Gasteiger partial charge in [0, 0.05) is 29.5 Å². The van der Waals surface area contributed by atoms with Crippen LogP contribution in [0.5, 0.6) is 5.75 Å². The number of nitrogens with zero attached hydrogens (tertiary/aromatic N) is 2. The fourth-order valence-corrected chi connectivity index (χ4v) is 4.74. The molecule has 154 valence electrons. The summed E-state index contributed by atoms with van der Waals surface area (Å²) >= 11 is 0. The van der Waals surface area contributed by atoms with Crippen molar-refractivity contribution < 1.29 is 9.31 Å². The van der Waals surface area contributed by atoms with E-state index in [-0.39, 0.29) is 0 Å². The Morgan fingerprint density at radius 3 is 2.16 bits per heavy atom. The van der Waals surface area contributed by atoms with E-state index in [2.05, 4.69) is 97.1 Å². The third kappa shape index (κ3) is 3.09. The lowest BCUT2D eigenvalue weighted by atomic mass is 9.96. The van der Waals surface area contributed by atoms with E-state index in [0.29, 0.717) is 0 Å². The fraction of sp³-hybridized carbons (Fsp3) is 0.179. The maximum Gasteiger partial charge on any atom is 0.220 e. The van der Waals surface area contributed by atoms with Gasteiger partial charge in [-0.3, -0.25) is 0 Å². The molecule has 0 aliphatic carbocycles. The van der Waals surface area contributed by atoms with Crippen LogP contribution in [-0.4, -0.2) is 31.0 Å². The zero-order valence-electron chi connectivity index (χ0n) is 18.5. The monoisotopic (exact) mass is 407 g/mol. The molecular weight excluding hydrogens is 380 g/mol. The average Bonchev–Trinajstić information content (AvgIpc) is 3.10. The van der Waals surface area contributed by atoms with Crippen molar-refractivity contribution in [2.75, 3.05) is 25.6 Å². The summed E-state index contributed by atoms with van der Waals surface area (Å²) in [5, 5.41) is 2.70. The number of benzene rings is 4. The Morgan fingerprint density at radius 2 is 1.52 bits per heavy atom. The first-order valence-electron chi connectivity index (χ1n) is 10.8. The molecular formula is C28H27N2O+. The summed E-state index contributed by atoms with van der Waals surface area (Å²) < 4.78 is 7.63. The molecule has 0 amide bonds. The van der Waals surface area contributed by atoms with Crippen molar-refractivity contribution in [2.24, 2.45) is 0 Å². The highest BCUT2D eigenvalue weighted by Crippen LogP contribution is 2.38. The molecule has 0 spiro atoms. The van der Waals surface area contributed by atoms with E-state index in [1.807, 2.05) is 12.1 Å². The van der Waals surface area contributed by atoms with Crippen molar-refractivity contribution in [3.05, 3.63) is 95.6 Å². The van der Waals surface area contributed by atoms with Crippen LogP contribution in [0, 0.1) is 6.92 Å². The zero-order chi connectivity index (χ0) is 21.5. The van der Waals surface area contributed by atoms with Crippen LogP contribution in [0.25, 0.3) is 10.8 Å². The SMILES string of the molecule is CCN(c1ccc(OC)cc1)c1ccc(C2=[N+](C)c3ccc(C)c4cccc2c34)cc1. The van der Waals surface area contributed by atoms with Crippen LogP contribution >= 0.6 is 0 Å². The predicted octanol–water partition coefficient (Wildman–Crippen LogP) is 6.44. The van der Waals surface area contributed by atoms with Crippen molar-refractivity contribution >= 4 is 33.5 Å². The summed E-state index contributed by atoms with van der Waals surface area (Å²) in [7, 11) is 3.87. The lowest BCUT2D eigenvalue weighted by Gasteiger charge is -2.23. The molecule has 4 aromatic rings. The smallest absolute Gasteiger partial charge is 0.220 e. The molecule has 0 fully saturated rings. The fourth-order valence-electron chi connectivity index (χ4n) is 4.74. The number of rotatable bonds is 5. The van der Waals surface area contributed by atoms with E-state index in [0.717, 1.165) is 18.0 Å². The van der Waals surface area contributed by atoms with Crippen LogP contribution in [0.15, 0.2) is 78.9 Å². The van der Waals surface area contributed by atoms with Crippen LogP contribution in [-0.2, 0) is 0 Å². The highest BCUT2D eigenvalue weighted by Gasteiger charge is 2.31. The molecule has 0 saturated heterocycles. The zero-order valence-corrected chi connectivity index (χ0v) is 18.5. The molecule has 0 radical (unpaired) electrons. The van der Waals surface area contributed by atoms with Crippen molar-refractivity contribution in [1.29, 1.82) is 0 Å². The number of methoxy groups -OCH3 is 1. The molecule has 4 aromatic carbocycles. The summed E-state index contributed by atoms with van der Waals surface area (Å²) in [6, 6.07) is 28.3. The molecule has 3 heteroatoms. The molecule has 31 heavy (non-hydrogen) atoms. The molecule has 0 aromatic heterocycles. The Bertz CT molecular complexity index is 1300. The van der Waals surface area contributed by atoms with Gasteiger partial charge in [-0.2, -0.15) is 4.58 Å². The summed E-state index contributed by atoms with van der Waals surface area (Å²) in [4.78, 5) is 2.31. The highest BCUT2D eigenvalue weighted by molar-refractivity contribution is 6.22. The molecule has 5 rings (SSSR count). The number of hydrogen-bond acceptors (Lipinski definition) is 2. The van der Waals surface area contributed by atoms with E-state index >= 15 is 0 Å². The summed E-state index contributed by atoms with van der Waals surface area (Å²) in [5.74, 6) is 0.875. The Morgan fingerprint density at radius 1 is 0.839 bits per heavy atom. The minimum absolute atomic E-state index is 0.875. The van der Waals surface area contributed by atoms with Crippen molar-refractivity contribution in [3.63, 3.8) is 0 Å². The molecule has 0 atom stereocenters. The topological polar surface area (TPSA) is 15.5 Å². The Labute approximate surface area is 183 Å². The standard InChI is InChI=1S/C28H27N2O/c1-5-30(22-14-16-23(31-4)17-15-22)21-12-10-20(11-13-21)28-25-8-6-7-24-19(2)9-18-26(27(24)25)29(28)3/h6-18H,5H2,1-4H3/q+1. The minimum atomic E-state index is 0.875. The van der Waals surface area contributed by atoms with E-state index < -0.39 is 0 Å². The van der Waals surface area contributed by atoms with Gasteiger partial charge < -0.3 is 9.64 Å². The van der Waals surface area contributed by atoms with Gasteiger partial charge in [-0.25, -0.2) is 0 Å². The average molecular weight is 408 g/mol. The van der Waals surface area contributed by atoms with Gasteiger partial charge in [0.25, 0.3) is 0 Å². The maximum absolute atomic E-state index is 5.30. The van der Waals surface area contributed by atoms with Crippen LogP contribution in [0.2, 0.25) is 0 Å². The summed E-state index contributed by atoms with van der Waals surface area (Å²) in [6.07, 6.45) is 0. The quantitative estimate of drug-likeness (QED) is 0.354. The molecule has 3 nitrogen and oxygen atoms in total. The number of aryl methyl sites for hydroxylation is 1. The summed E-state index contributed by atoms with van der Waals surface area (Å²) in [5.41, 5.74) is 8.77. The second-order valence-corrected chi connectivity index (χ2v) is 8.03. The highest BCUT2D eigenvalue weighted by atomic mass is 16.5. The second kappa shape index (κ2) is 7.59. The molecule has 0 saturated carbocycles. The predicted molar refractivity (Wildman–Crippen MR) is 130 cm³/mol.